The molecule has 4 rings (SSSR count). The molecule has 6 nitrogen and oxygen atoms in total. The zero-order valence-corrected chi connectivity index (χ0v) is 16.0. The summed E-state index contributed by atoms with van der Waals surface area (Å²) in [5.41, 5.74) is 1.46. The number of carboxylic acid groups (broad SMARTS) is 1. The van der Waals surface area contributed by atoms with Crippen LogP contribution in [-0.2, 0) is 27.2 Å². The highest BCUT2D eigenvalue weighted by Gasteiger charge is 2.51. The number of ether oxygens (including phenoxy) is 1. The highest BCUT2D eigenvalue weighted by molar-refractivity contribution is 7.17. The minimum atomic E-state index is -0.928. The quantitative estimate of drug-likeness (QED) is 0.575. The first-order valence-electron chi connectivity index (χ1n) is 9.55. The van der Waals surface area contributed by atoms with Crippen molar-refractivity contribution in [3.63, 3.8) is 0 Å². The number of fused-ring (bicyclic) bond motifs is 3. The number of aryl methyl sites for hydroxylation is 1. The van der Waals surface area contributed by atoms with Crippen molar-refractivity contribution in [2.75, 3.05) is 11.9 Å². The number of carbonyl (C=O) groups excluding carboxylic acids is 2. The second kappa shape index (κ2) is 7.11. The predicted molar refractivity (Wildman–Crippen MR) is 101 cm³/mol. The molecule has 0 unspecified atom stereocenters. The number of amides is 1. The maximum absolute atomic E-state index is 13.0. The smallest absolute Gasteiger partial charge is 0.341 e. The van der Waals surface area contributed by atoms with Gasteiger partial charge in [0.05, 0.1) is 24.0 Å². The lowest BCUT2D eigenvalue weighted by molar-refractivity contribution is -0.146. The second-order valence-electron chi connectivity index (χ2n) is 7.52. The second-order valence-corrected chi connectivity index (χ2v) is 8.63. The summed E-state index contributed by atoms with van der Waals surface area (Å²) in [6.45, 7) is 2.28. The molecule has 4 atom stereocenters. The average molecular weight is 389 g/mol. The fraction of sp³-hybridized carbons (Fsp3) is 0.550. The number of aliphatic carboxylic acids is 1. The molecule has 1 heterocycles. The van der Waals surface area contributed by atoms with Gasteiger partial charge in [-0.05, 0) is 49.5 Å². The molecule has 3 aliphatic rings. The molecule has 1 aromatic rings. The van der Waals surface area contributed by atoms with E-state index in [1.165, 1.54) is 11.3 Å². The number of carbonyl (C=O) groups is 3. The third-order valence-corrected chi connectivity index (χ3v) is 7.05. The fourth-order valence-electron chi connectivity index (χ4n) is 4.69. The Kier molecular flexibility index (Phi) is 4.80. The molecule has 0 radical (unpaired) electrons. The van der Waals surface area contributed by atoms with Crippen molar-refractivity contribution in [3.8, 4) is 0 Å². The van der Waals surface area contributed by atoms with Crippen LogP contribution in [-0.4, -0.2) is 29.6 Å². The predicted octanol–water partition coefficient (Wildman–Crippen LogP) is 3.27. The van der Waals surface area contributed by atoms with Gasteiger partial charge in [-0.15, -0.1) is 11.3 Å². The van der Waals surface area contributed by atoms with Crippen molar-refractivity contribution in [2.24, 2.45) is 23.7 Å². The molecule has 2 bridgehead atoms. The van der Waals surface area contributed by atoms with E-state index in [-0.39, 0.29) is 17.7 Å². The molecule has 27 heavy (non-hydrogen) atoms. The monoisotopic (exact) mass is 389 g/mol. The molecule has 0 spiro atoms. The SMILES string of the molecule is CCCOC(=O)c1c(NC(=O)[C@H]2[C@@H](C(=O)O)[C@H]3C=C[C@@H]2C3)sc2c1CCC2. The summed E-state index contributed by atoms with van der Waals surface area (Å²) in [6, 6.07) is 0. The van der Waals surface area contributed by atoms with E-state index in [1.54, 1.807) is 0 Å². The standard InChI is InChI=1S/C20H23NO5S/c1-2-8-26-20(25)16-12-4-3-5-13(12)27-18(16)21-17(22)14-10-6-7-11(9-10)15(14)19(23)24/h6-7,10-11,14-15H,2-5,8-9H2,1H3,(H,21,22)(H,23,24)/t10-,11+,14-,15+/m1/s1. The van der Waals surface area contributed by atoms with Gasteiger partial charge in [0.2, 0.25) is 5.91 Å². The Bertz CT molecular complexity index is 827. The molecule has 1 saturated carbocycles. The molecule has 0 aromatic carbocycles. The van der Waals surface area contributed by atoms with E-state index >= 15 is 0 Å². The van der Waals surface area contributed by atoms with Crippen LogP contribution in [0.2, 0.25) is 0 Å². The lowest BCUT2D eigenvalue weighted by Gasteiger charge is -2.23. The fourth-order valence-corrected chi connectivity index (χ4v) is 5.97. The minimum Gasteiger partial charge on any atom is -0.481 e. The van der Waals surface area contributed by atoms with Crippen LogP contribution >= 0.6 is 11.3 Å². The van der Waals surface area contributed by atoms with Crippen molar-refractivity contribution in [1.82, 2.24) is 0 Å². The molecule has 2 N–H and O–H groups in total. The number of hydrogen-bond donors (Lipinski definition) is 2. The Hall–Kier alpha value is -2.15. The van der Waals surface area contributed by atoms with Crippen molar-refractivity contribution in [2.45, 2.75) is 39.0 Å². The molecule has 1 fully saturated rings. The summed E-state index contributed by atoms with van der Waals surface area (Å²) < 4.78 is 5.33. The Labute approximate surface area is 161 Å². The summed E-state index contributed by atoms with van der Waals surface area (Å²) in [7, 11) is 0. The number of rotatable bonds is 6. The third-order valence-electron chi connectivity index (χ3n) is 5.85. The largest absolute Gasteiger partial charge is 0.481 e. The molecule has 1 aromatic heterocycles. The van der Waals surface area contributed by atoms with Crippen molar-refractivity contribution >= 4 is 34.2 Å². The number of nitrogens with one attached hydrogen (secondary N) is 1. The highest BCUT2D eigenvalue weighted by Crippen LogP contribution is 2.49. The Morgan fingerprint density at radius 2 is 1.96 bits per heavy atom. The first-order valence-corrected chi connectivity index (χ1v) is 10.4. The van der Waals surface area contributed by atoms with E-state index in [0.29, 0.717) is 23.6 Å². The van der Waals surface area contributed by atoms with E-state index in [2.05, 4.69) is 5.32 Å². The zero-order chi connectivity index (χ0) is 19.1. The lowest BCUT2D eigenvalue weighted by Crippen LogP contribution is -2.36. The molecular weight excluding hydrogens is 366 g/mol. The average Bonchev–Trinajstić information content (AvgIpc) is 3.38. The Balaban J connectivity index is 1.59. The first-order chi connectivity index (χ1) is 13.0. The van der Waals surface area contributed by atoms with E-state index in [0.717, 1.165) is 36.1 Å². The molecule has 3 aliphatic carbocycles. The third kappa shape index (κ3) is 3.08. The number of anilines is 1. The van der Waals surface area contributed by atoms with Crippen molar-refractivity contribution in [1.29, 1.82) is 0 Å². The van der Waals surface area contributed by atoms with Gasteiger partial charge in [0.1, 0.15) is 5.00 Å². The number of allylic oxidation sites excluding steroid dienone is 2. The lowest BCUT2D eigenvalue weighted by atomic mass is 9.82. The Morgan fingerprint density at radius 3 is 2.67 bits per heavy atom. The molecule has 1 amide bonds. The van der Waals surface area contributed by atoms with Crippen LogP contribution in [0.1, 0.15) is 47.0 Å². The van der Waals surface area contributed by atoms with Gasteiger partial charge in [-0.25, -0.2) is 4.79 Å². The van der Waals surface area contributed by atoms with Crippen LogP contribution in [0.4, 0.5) is 5.00 Å². The number of esters is 1. The van der Waals surface area contributed by atoms with Crippen LogP contribution in [0.25, 0.3) is 0 Å². The maximum Gasteiger partial charge on any atom is 0.341 e. The first kappa shape index (κ1) is 18.2. The molecule has 144 valence electrons. The van der Waals surface area contributed by atoms with Gasteiger partial charge in [-0.3, -0.25) is 9.59 Å². The maximum atomic E-state index is 13.0. The van der Waals surface area contributed by atoms with Gasteiger partial charge in [-0.1, -0.05) is 19.1 Å². The normalized spacial score (nSPS) is 27.6. The van der Waals surface area contributed by atoms with Gasteiger partial charge >= 0.3 is 11.9 Å². The van der Waals surface area contributed by atoms with E-state index in [4.69, 9.17) is 4.74 Å². The summed E-state index contributed by atoms with van der Waals surface area (Å²) in [6.07, 6.45) is 8.03. The van der Waals surface area contributed by atoms with Gasteiger partial charge in [0, 0.05) is 4.88 Å². The number of carboxylic acids is 1. The summed E-state index contributed by atoms with van der Waals surface area (Å²) in [5.74, 6) is -3.03. The van der Waals surface area contributed by atoms with Crippen molar-refractivity contribution in [3.05, 3.63) is 28.2 Å². The molecule has 7 heteroatoms. The van der Waals surface area contributed by atoms with E-state index < -0.39 is 23.8 Å². The van der Waals surface area contributed by atoms with E-state index in [1.807, 2.05) is 19.1 Å². The van der Waals surface area contributed by atoms with Crippen LogP contribution in [0.15, 0.2) is 12.2 Å². The number of hydrogen-bond acceptors (Lipinski definition) is 5. The van der Waals surface area contributed by atoms with Crippen LogP contribution in [0.5, 0.6) is 0 Å². The zero-order valence-electron chi connectivity index (χ0n) is 15.2. The van der Waals surface area contributed by atoms with Gasteiger partial charge in [0.25, 0.3) is 0 Å². The summed E-state index contributed by atoms with van der Waals surface area (Å²) in [5, 5.41) is 13.0. The van der Waals surface area contributed by atoms with Gasteiger partial charge < -0.3 is 15.2 Å². The molecule has 0 aliphatic heterocycles. The Morgan fingerprint density at radius 1 is 1.22 bits per heavy atom. The van der Waals surface area contributed by atoms with Gasteiger partial charge in [-0.2, -0.15) is 0 Å². The number of thiophene rings is 1. The van der Waals surface area contributed by atoms with Gasteiger partial charge in [0.15, 0.2) is 0 Å². The molecule has 0 saturated heterocycles. The summed E-state index contributed by atoms with van der Waals surface area (Å²) >= 11 is 1.43. The topological polar surface area (TPSA) is 92.7 Å². The molecular formula is C20H23NO5S. The van der Waals surface area contributed by atoms with Crippen LogP contribution < -0.4 is 5.32 Å². The van der Waals surface area contributed by atoms with Crippen molar-refractivity contribution < 1.29 is 24.2 Å². The van der Waals surface area contributed by atoms with E-state index in [9.17, 15) is 19.5 Å². The minimum absolute atomic E-state index is 0.0431. The van der Waals surface area contributed by atoms with Crippen LogP contribution in [0.3, 0.4) is 0 Å². The summed E-state index contributed by atoms with van der Waals surface area (Å²) in [4.78, 5) is 38.4. The highest BCUT2D eigenvalue weighted by atomic mass is 32.1. The van der Waals surface area contributed by atoms with Crippen LogP contribution in [0, 0.1) is 23.7 Å².